The third kappa shape index (κ3) is 4.53. The number of nitrogens with one attached hydrogen (secondary N) is 1. The summed E-state index contributed by atoms with van der Waals surface area (Å²) in [6.45, 7) is 1.86. The number of benzene rings is 2. The molecule has 1 amide bonds. The number of carbonyl (C=O) groups excluding carboxylic acids is 1. The number of non-ortho nitro benzene ring substituents is 1. The topological polar surface area (TPSA) is 125 Å². The first-order chi connectivity index (χ1) is 15.0. The van der Waals surface area contributed by atoms with Crippen LogP contribution in [0.5, 0.6) is 11.6 Å². The Morgan fingerprint density at radius 3 is 2.61 bits per heavy atom. The van der Waals surface area contributed by atoms with Gasteiger partial charge in [-0.05, 0) is 37.3 Å². The van der Waals surface area contributed by atoms with Gasteiger partial charge in [-0.1, -0.05) is 6.07 Å². The molecule has 1 N–H and O–H groups in total. The Hall–Kier alpha value is -4.60. The second-order valence-corrected chi connectivity index (χ2v) is 6.45. The fourth-order valence-corrected chi connectivity index (χ4v) is 2.83. The molecule has 154 valence electrons. The molecule has 0 radical (unpaired) electrons. The van der Waals surface area contributed by atoms with E-state index in [0.29, 0.717) is 23.1 Å². The van der Waals surface area contributed by atoms with Crippen molar-refractivity contribution in [2.75, 3.05) is 5.32 Å². The molecule has 0 saturated carbocycles. The lowest BCUT2D eigenvalue weighted by Gasteiger charge is -2.09. The molecule has 0 bridgehead atoms. The lowest BCUT2D eigenvalue weighted by molar-refractivity contribution is -0.384. The number of nitro benzene ring substituents is 1. The van der Waals surface area contributed by atoms with Crippen LogP contribution in [0.2, 0.25) is 0 Å². The lowest BCUT2D eigenvalue weighted by Crippen LogP contribution is -2.11. The van der Waals surface area contributed by atoms with Crippen LogP contribution in [0.1, 0.15) is 16.2 Å². The number of aryl methyl sites for hydroxylation is 1. The molecular formula is C21H16N6O4. The molecule has 0 aliphatic carbocycles. The highest BCUT2D eigenvalue weighted by molar-refractivity contribution is 6.04. The average Bonchev–Trinajstić information content (AvgIpc) is 3.21. The van der Waals surface area contributed by atoms with Crippen LogP contribution in [-0.4, -0.2) is 30.3 Å². The first-order valence-corrected chi connectivity index (χ1v) is 9.16. The van der Waals surface area contributed by atoms with Crippen LogP contribution in [0, 0.1) is 17.0 Å². The van der Waals surface area contributed by atoms with E-state index in [1.807, 2.05) is 6.92 Å². The summed E-state index contributed by atoms with van der Waals surface area (Å²) in [5.41, 5.74) is 0.561. The average molecular weight is 416 g/mol. The number of nitrogens with zero attached hydrogens (tertiary/aromatic N) is 5. The predicted molar refractivity (Wildman–Crippen MR) is 111 cm³/mol. The molecule has 31 heavy (non-hydrogen) atoms. The molecule has 0 aliphatic heterocycles. The van der Waals surface area contributed by atoms with E-state index in [-0.39, 0.29) is 11.3 Å². The zero-order valence-electron chi connectivity index (χ0n) is 16.3. The summed E-state index contributed by atoms with van der Waals surface area (Å²) >= 11 is 0. The highest BCUT2D eigenvalue weighted by Gasteiger charge is 2.12. The number of imidazole rings is 1. The number of hydrogen-bond acceptors (Lipinski definition) is 7. The standard InChI is InChI=1S/C21H16N6O4/c1-14-22-9-10-26(14)19-12-20(24-13-23-19)31-18-7-5-16(6-8-18)25-21(28)15-3-2-4-17(11-15)27(29)30/h2-13H,1H3,(H,25,28). The van der Waals surface area contributed by atoms with Gasteiger partial charge in [-0.15, -0.1) is 0 Å². The van der Waals surface area contributed by atoms with Crippen LogP contribution < -0.4 is 10.1 Å². The zero-order valence-corrected chi connectivity index (χ0v) is 16.3. The van der Waals surface area contributed by atoms with Crippen molar-refractivity contribution < 1.29 is 14.5 Å². The minimum atomic E-state index is -0.546. The fraction of sp³-hybridized carbons (Fsp3) is 0.0476. The Balaban J connectivity index is 1.44. The van der Waals surface area contributed by atoms with Gasteiger partial charge in [0.1, 0.15) is 23.7 Å². The predicted octanol–water partition coefficient (Wildman–Crippen LogP) is 3.92. The summed E-state index contributed by atoms with van der Waals surface area (Å²) in [6, 6.07) is 13.9. The van der Waals surface area contributed by atoms with Crippen molar-refractivity contribution in [2.24, 2.45) is 0 Å². The summed E-state index contributed by atoms with van der Waals surface area (Å²) in [6.07, 6.45) is 4.87. The lowest BCUT2D eigenvalue weighted by atomic mass is 10.2. The SMILES string of the molecule is Cc1nccn1-c1cc(Oc2ccc(NC(=O)c3cccc([N+](=O)[O-])c3)cc2)ncn1. The number of ether oxygens (including phenoxy) is 1. The van der Waals surface area contributed by atoms with Gasteiger partial charge in [0.25, 0.3) is 11.6 Å². The number of amides is 1. The van der Waals surface area contributed by atoms with Crippen molar-refractivity contribution in [3.05, 3.63) is 94.8 Å². The summed E-state index contributed by atoms with van der Waals surface area (Å²) in [4.78, 5) is 35.2. The van der Waals surface area contributed by atoms with E-state index >= 15 is 0 Å². The molecule has 0 fully saturated rings. The highest BCUT2D eigenvalue weighted by atomic mass is 16.6. The van der Waals surface area contributed by atoms with Gasteiger partial charge in [-0.3, -0.25) is 19.5 Å². The molecule has 2 aromatic heterocycles. The smallest absolute Gasteiger partial charge is 0.270 e. The van der Waals surface area contributed by atoms with Crippen LogP contribution in [-0.2, 0) is 0 Å². The van der Waals surface area contributed by atoms with Crippen molar-refractivity contribution in [2.45, 2.75) is 6.92 Å². The molecule has 0 saturated heterocycles. The van der Waals surface area contributed by atoms with E-state index in [9.17, 15) is 14.9 Å². The molecule has 0 unspecified atom stereocenters. The van der Waals surface area contributed by atoms with E-state index in [1.165, 1.54) is 30.6 Å². The van der Waals surface area contributed by atoms with E-state index in [1.54, 1.807) is 47.3 Å². The largest absolute Gasteiger partial charge is 0.439 e. The van der Waals surface area contributed by atoms with Crippen molar-refractivity contribution in [1.82, 2.24) is 19.5 Å². The van der Waals surface area contributed by atoms with Crippen LogP contribution in [0.25, 0.3) is 5.82 Å². The Morgan fingerprint density at radius 1 is 1.10 bits per heavy atom. The normalized spacial score (nSPS) is 10.5. The number of hydrogen-bond donors (Lipinski definition) is 1. The van der Waals surface area contributed by atoms with Crippen LogP contribution in [0.3, 0.4) is 0 Å². The van der Waals surface area contributed by atoms with Gasteiger partial charge in [0.15, 0.2) is 0 Å². The molecule has 0 atom stereocenters. The third-order valence-corrected chi connectivity index (χ3v) is 4.35. The number of carbonyl (C=O) groups is 1. The summed E-state index contributed by atoms with van der Waals surface area (Å²) in [7, 11) is 0. The van der Waals surface area contributed by atoms with E-state index < -0.39 is 10.8 Å². The highest BCUT2D eigenvalue weighted by Crippen LogP contribution is 2.23. The van der Waals surface area contributed by atoms with Gasteiger partial charge >= 0.3 is 0 Å². The van der Waals surface area contributed by atoms with Crippen molar-refractivity contribution in [3.63, 3.8) is 0 Å². The zero-order chi connectivity index (χ0) is 21.8. The summed E-state index contributed by atoms with van der Waals surface area (Å²) in [5.74, 6) is 1.83. The van der Waals surface area contributed by atoms with Crippen molar-refractivity contribution >= 4 is 17.3 Å². The molecule has 10 heteroatoms. The van der Waals surface area contributed by atoms with Gasteiger partial charge in [-0.2, -0.15) is 0 Å². The Morgan fingerprint density at radius 2 is 1.90 bits per heavy atom. The number of anilines is 1. The monoisotopic (exact) mass is 416 g/mol. The van der Waals surface area contributed by atoms with Gasteiger partial charge in [-0.25, -0.2) is 15.0 Å². The molecule has 4 aromatic rings. The summed E-state index contributed by atoms with van der Waals surface area (Å²) < 4.78 is 7.58. The maximum absolute atomic E-state index is 12.4. The van der Waals surface area contributed by atoms with Gasteiger partial charge < -0.3 is 10.1 Å². The van der Waals surface area contributed by atoms with Crippen molar-refractivity contribution in [1.29, 1.82) is 0 Å². The van der Waals surface area contributed by atoms with E-state index in [4.69, 9.17) is 4.74 Å². The molecule has 0 aliphatic rings. The van der Waals surface area contributed by atoms with Gasteiger partial charge in [0, 0.05) is 41.8 Å². The van der Waals surface area contributed by atoms with Crippen LogP contribution >= 0.6 is 0 Å². The molecule has 4 rings (SSSR count). The first kappa shape index (κ1) is 19.7. The fourth-order valence-electron chi connectivity index (χ4n) is 2.83. The minimum absolute atomic E-state index is 0.147. The molecule has 2 heterocycles. The number of rotatable bonds is 6. The second kappa shape index (κ2) is 8.41. The summed E-state index contributed by atoms with van der Waals surface area (Å²) in [5, 5.41) is 13.6. The number of nitro groups is 1. The van der Waals surface area contributed by atoms with E-state index in [2.05, 4.69) is 20.3 Å². The third-order valence-electron chi connectivity index (χ3n) is 4.35. The van der Waals surface area contributed by atoms with Crippen LogP contribution in [0.15, 0.2) is 73.3 Å². The van der Waals surface area contributed by atoms with Gasteiger partial charge in [0.05, 0.1) is 4.92 Å². The quantitative estimate of drug-likeness (QED) is 0.373. The maximum atomic E-state index is 12.4. The molecule has 0 spiro atoms. The Kier molecular flexibility index (Phi) is 5.35. The molecule has 10 nitrogen and oxygen atoms in total. The molecular weight excluding hydrogens is 400 g/mol. The van der Waals surface area contributed by atoms with Crippen LogP contribution in [0.4, 0.5) is 11.4 Å². The van der Waals surface area contributed by atoms with Gasteiger partial charge in [0.2, 0.25) is 5.88 Å². The second-order valence-electron chi connectivity index (χ2n) is 6.45. The number of aromatic nitrogens is 4. The Bertz CT molecular complexity index is 1250. The first-order valence-electron chi connectivity index (χ1n) is 9.16. The Labute approximate surface area is 176 Å². The van der Waals surface area contributed by atoms with Crippen molar-refractivity contribution in [3.8, 4) is 17.4 Å². The minimum Gasteiger partial charge on any atom is -0.439 e. The maximum Gasteiger partial charge on any atom is 0.270 e. The molecule has 2 aromatic carbocycles. The van der Waals surface area contributed by atoms with E-state index in [0.717, 1.165) is 5.82 Å².